The molecule has 0 fully saturated rings. The molecule has 0 amide bonds. The lowest BCUT2D eigenvalue weighted by atomic mass is 10.0. The lowest BCUT2D eigenvalue weighted by Gasteiger charge is -2.20. The van der Waals surface area contributed by atoms with Gasteiger partial charge in [0.15, 0.2) is 0 Å². The Morgan fingerprint density at radius 1 is 0.492 bits per heavy atom. The second-order valence-corrected chi connectivity index (χ2v) is 18.1. The number of esters is 1. The molecule has 0 spiro atoms. The maximum atomic E-state index is 12.6. The first kappa shape index (κ1) is 60.7. The van der Waals surface area contributed by atoms with E-state index in [1.807, 2.05) is 0 Å². The van der Waals surface area contributed by atoms with Gasteiger partial charge in [0.2, 0.25) is 0 Å². The van der Waals surface area contributed by atoms with Crippen molar-refractivity contribution in [1.82, 2.24) is 0 Å². The van der Waals surface area contributed by atoms with Crippen molar-refractivity contribution in [2.45, 2.75) is 219 Å². The molecule has 364 valence electrons. The molecular formula is C54H96NO7P. The number of rotatable bonds is 48. The van der Waals surface area contributed by atoms with Crippen LogP contribution in [-0.2, 0) is 27.9 Å². The molecule has 0 aromatic heterocycles. The first-order chi connectivity index (χ1) is 30.9. The zero-order valence-corrected chi connectivity index (χ0v) is 41.4. The van der Waals surface area contributed by atoms with Crippen LogP contribution in [0.1, 0.15) is 213 Å². The molecule has 3 N–H and O–H groups in total. The minimum atomic E-state index is -4.30. The van der Waals surface area contributed by atoms with Crippen molar-refractivity contribution >= 4 is 13.8 Å². The normalized spacial score (nSPS) is 14.0. The third-order valence-electron chi connectivity index (χ3n) is 10.6. The summed E-state index contributed by atoms with van der Waals surface area (Å²) in [6, 6.07) is 0. The van der Waals surface area contributed by atoms with Gasteiger partial charge in [-0.05, 0) is 70.6 Å². The first-order valence-electron chi connectivity index (χ1n) is 25.6. The van der Waals surface area contributed by atoms with Gasteiger partial charge in [-0.25, -0.2) is 4.57 Å². The predicted molar refractivity (Wildman–Crippen MR) is 270 cm³/mol. The highest BCUT2D eigenvalue weighted by molar-refractivity contribution is 7.47. The van der Waals surface area contributed by atoms with E-state index in [9.17, 15) is 14.3 Å². The van der Waals surface area contributed by atoms with Crippen LogP contribution in [0.2, 0.25) is 0 Å². The summed E-state index contributed by atoms with van der Waals surface area (Å²) >= 11 is 0. The number of phosphoric ester groups is 1. The fourth-order valence-electron chi connectivity index (χ4n) is 6.86. The Labute approximate surface area is 388 Å². The van der Waals surface area contributed by atoms with E-state index in [4.69, 9.17) is 24.3 Å². The molecule has 0 saturated heterocycles. The highest BCUT2D eigenvalue weighted by Crippen LogP contribution is 2.43. The van der Waals surface area contributed by atoms with Crippen molar-refractivity contribution in [3.05, 3.63) is 85.1 Å². The second kappa shape index (κ2) is 50.7. The van der Waals surface area contributed by atoms with Crippen molar-refractivity contribution in [1.29, 1.82) is 0 Å². The summed E-state index contributed by atoms with van der Waals surface area (Å²) in [6.07, 6.45) is 66.2. The third-order valence-corrected chi connectivity index (χ3v) is 11.6. The Morgan fingerprint density at radius 3 is 1.32 bits per heavy atom. The number of nitrogens with two attached hydrogens (primary N) is 1. The van der Waals surface area contributed by atoms with Gasteiger partial charge in [-0.2, -0.15) is 0 Å². The Morgan fingerprint density at radius 2 is 0.889 bits per heavy atom. The molecule has 0 aromatic carbocycles. The van der Waals surface area contributed by atoms with Gasteiger partial charge >= 0.3 is 13.8 Å². The number of hydrogen-bond acceptors (Lipinski definition) is 7. The van der Waals surface area contributed by atoms with Crippen LogP contribution in [-0.4, -0.2) is 49.9 Å². The van der Waals surface area contributed by atoms with E-state index in [0.717, 1.165) is 77.0 Å². The van der Waals surface area contributed by atoms with Gasteiger partial charge in [0.25, 0.3) is 0 Å². The van der Waals surface area contributed by atoms with Crippen molar-refractivity contribution in [2.75, 3.05) is 33.0 Å². The standard InChI is InChI=1S/C54H96NO7P/c1-3-5-7-9-11-13-15-17-19-21-23-24-25-26-27-28-29-31-33-35-37-39-41-43-45-47-54(56)62-53(52-61-63(57,58)60-50-48-55)51-59-49-46-44-42-40-38-36-34-32-30-22-20-18-16-14-12-10-8-6-4-2/h5,7,11,13,17,19,23-24,26-27,29,31,35,37,53H,3-4,6,8-10,12,14-16,18,20-22,25,28,30,32-34,36,38-52,55H2,1-2H3,(H,57,58)/b7-5-,13-11-,19-17-,24-23-,27-26-,31-29-,37-35-. The molecule has 0 radical (unpaired) electrons. The maximum Gasteiger partial charge on any atom is 0.472 e. The number of phosphoric acid groups is 1. The number of hydrogen-bond donors (Lipinski definition) is 2. The van der Waals surface area contributed by atoms with Crippen LogP contribution in [0, 0.1) is 0 Å². The molecule has 0 rings (SSSR count). The predicted octanol–water partition coefficient (Wildman–Crippen LogP) is 16.0. The fourth-order valence-corrected chi connectivity index (χ4v) is 7.63. The van der Waals surface area contributed by atoms with E-state index >= 15 is 0 Å². The minimum absolute atomic E-state index is 0.0914. The number of ether oxygens (including phenoxy) is 2. The van der Waals surface area contributed by atoms with Crippen molar-refractivity contribution in [3.63, 3.8) is 0 Å². The van der Waals surface area contributed by atoms with Crippen molar-refractivity contribution in [3.8, 4) is 0 Å². The topological polar surface area (TPSA) is 117 Å². The van der Waals surface area contributed by atoms with Gasteiger partial charge in [-0.15, -0.1) is 0 Å². The third kappa shape index (κ3) is 50.5. The summed E-state index contributed by atoms with van der Waals surface area (Å²) in [4.78, 5) is 22.6. The smallest absolute Gasteiger partial charge is 0.457 e. The number of carbonyl (C=O) groups is 1. The van der Waals surface area contributed by atoms with E-state index in [1.165, 1.54) is 109 Å². The zero-order valence-electron chi connectivity index (χ0n) is 40.5. The molecule has 9 heteroatoms. The molecule has 0 aliphatic heterocycles. The summed E-state index contributed by atoms with van der Waals surface area (Å²) in [5.41, 5.74) is 5.39. The lowest BCUT2D eigenvalue weighted by Crippen LogP contribution is -2.28. The molecule has 0 saturated carbocycles. The summed E-state index contributed by atoms with van der Waals surface area (Å²) < 4.78 is 33.6. The average molecular weight is 902 g/mol. The van der Waals surface area contributed by atoms with Crippen LogP contribution in [0.4, 0.5) is 0 Å². The number of carbonyl (C=O) groups excluding carboxylic acids is 1. The Bertz CT molecular complexity index is 1240. The van der Waals surface area contributed by atoms with E-state index in [-0.39, 0.29) is 38.8 Å². The van der Waals surface area contributed by atoms with Gasteiger partial charge in [0.1, 0.15) is 6.10 Å². The van der Waals surface area contributed by atoms with E-state index in [1.54, 1.807) is 0 Å². The van der Waals surface area contributed by atoms with Gasteiger partial charge in [-0.1, -0.05) is 221 Å². The van der Waals surface area contributed by atoms with Crippen LogP contribution in [0.5, 0.6) is 0 Å². The zero-order chi connectivity index (χ0) is 45.8. The molecule has 0 aliphatic rings. The molecular weight excluding hydrogens is 806 g/mol. The summed E-state index contributed by atoms with van der Waals surface area (Å²) in [7, 11) is -4.30. The van der Waals surface area contributed by atoms with Gasteiger partial charge < -0.3 is 20.1 Å². The van der Waals surface area contributed by atoms with Crippen molar-refractivity contribution in [2.24, 2.45) is 5.73 Å². The first-order valence-corrected chi connectivity index (χ1v) is 27.1. The highest BCUT2D eigenvalue weighted by atomic mass is 31.2. The molecule has 2 unspecified atom stereocenters. The second-order valence-electron chi connectivity index (χ2n) is 16.7. The maximum absolute atomic E-state index is 12.6. The fraction of sp³-hybridized carbons (Fsp3) is 0.722. The minimum Gasteiger partial charge on any atom is -0.457 e. The molecule has 0 aromatic rings. The largest absolute Gasteiger partial charge is 0.472 e. The molecule has 63 heavy (non-hydrogen) atoms. The average Bonchev–Trinajstić information content (AvgIpc) is 3.28. The van der Waals surface area contributed by atoms with Crippen molar-refractivity contribution < 1.29 is 32.8 Å². The Kier molecular flexibility index (Phi) is 48.8. The highest BCUT2D eigenvalue weighted by Gasteiger charge is 2.25. The molecule has 0 bridgehead atoms. The molecule has 8 nitrogen and oxygen atoms in total. The Balaban J connectivity index is 4.05. The van der Waals surface area contributed by atoms with Gasteiger partial charge in [0, 0.05) is 19.6 Å². The molecule has 0 heterocycles. The van der Waals surface area contributed by atoms with E-state index in [0.29, 0.717) is 13.0 Å². The van der Waals surface area contributed by atoms with Crippen LogP contribution in [0.25, 0.3) is 0 Å². The molecule has 0 aliphatic carbocycles. The van der Waals surface area contributed by atoms with Crippen LogP contribution in [0.15, 0.2) is 85.1 Å². The van der Waals surface area contributed by atoms with E-state index in [2.05, 4.69) is 98.9 Å². The van der Waals surface area contributed by atoms with Gasteiger partial charge in [-0.3, -0.25) is 13.8 Å². The van der Waals surface area contributed by atoms with E-state index < -0.39 is 13.9 Å². The lowest BCUT2D eigenvalue weighted by molar-refractivity contribution is -0.154. The Hall–Kier alpha value is -2.32. The molecule has 2 atom stereocenters. The monoisotopic (exact) mass is 902 g/mol. The van der Waals surface area contributed by atoms with Gasteiger partial charge in [0.05, 0.1) is 19.8 Å². The number of unbranched alkanes of at least 4 members (excludes halogenated alkanes) is 21. The summed E-state index contributed by atoms with van der Waals surface area (Å²) in [5, 5.41) is 0. The SMILES string of the molecule is CC/C=C\C/C=C\C/C=C\C/C=C\C/C=C\C/C=C\C/C=C\CCCCCC(=O)OC(COCCCCCCCCCCCCCCCCCCCCC)COP(=O)(O)OCCN. The summed E-state index contributed by atoms with van der Waals surface area (Å²) in [6.45, 7) is 4.78. The quantitative estimate of drug-likeness (QED) is 0.0268. The van der Waals surface area contributed by atoms with Crippen LogP contribution in [0.3, 0.4) is 0 Å². The van der Waals surface area contributed by atoms with Crippen LogP contribution >= 0.6 is 7.82 Å². The van der Waals surface area contributed by atoms with Crippen LogP contribution < -0.4 is 5.73 Å². The number of allylic oxidation sites excluding steroid dienone is 14. The summed E-state index contributed by atoms with van der Waals surface area (Å²) in [5.74, 6) is -0.362.